The second kappa shape index (κ2) is 8.38. The van der Waals surface area contributed by atoms with Crippen LogP contribution in [0, 0.1) is 10.1 Å². The van der Waals surface area contributed by atoms with Gasteiger partial charge in [0.25, 0.3) is 5.69 Å². The van der Waals surface area contributed by atoms with E-state index in [1.807, 2.05) is 25.1 Å². The van der Waals surface area contributed by atoms with Gasteiger partial charge in [0, 0.05) is 22.7 Å². The van der Waals surface area contributed by atoms with Crippen LogP contribution in [0.5, 0.6) is 5.75 Å². The second-order valence-corrected chi connectivity index (χ2v) is 6.75. The highest BCUT2D eigenvalue weighted by molar-refractivity contribution is 6.31. The van der Waals surface area contributed by atoms with E-state index >= 15 is 0 Å². The van der Waals surface area contributed by atoms with Crippen LogP contribution in [0.1, 0.15) is 12.5 Å². The molecule has 0 bridgehead atoms. The number of piperazine rings is 1. The largest absolute Gasteiger partial charge is 0.492 e. The Morgan fingerprint density at radius 1 is 1.23 bits per heavy atom. The number of ether oxygens (including phenoxy) is 1. The smallest absolute Gasteiger partial charge is 0.270 e. The van der Waals surface area contributed by atoms with Crippen molar-refractivity contribution in [2.45, 2.75) is 13.5 Å². The summed E-state index contributed by atoms with van der Waals surface area (Å²) in [6, 6.07) is 12.8. The number of non-ortho nitro benzene ring substituents is 1. The summed E-state index contributed by atoms with van der Waals surface area (Å²) in [5.74, 6) is 0.917. The van der Waals surface area contributed by atoms with Crippen molar-refractivity contribution in [2.75, 3.05) is 37.7 Å². The van der Waals surface area contributed by atoms with Crippen LogP contribution in [0.2, 0.25) is 5.02 Å². The number of hydrogen-bond donors (Lipinski definition) is 1. The third-order valence-electron chi connectivity index (χ3n) is 4.66. The van der Waals surface area contributed by atoms with Crippen LogP contribution >= 0.6 is 11.6 Å². The Bertz CT molecular complexity index is 776. The molecule has 0 unspecified atom stereocenters. The molecule has 138 valence electrons. The Kier molecular flexibility index (Phi) is 5.96. The first-order valence-corrected chi connectivity index (χ1v) is 9.19. The van der Waals surface area contributed by atoms with Gasteiger partial charge in [0.15, 0.2) is 0 Å². The number of hydrogen-bond acceptors (Lipinski definition) is 4. The van der Waals surface area contributed by atoms with Gasteiger partial charge >= 0.3 is 0 Å². The Morgan fingerprint density at radius 2 is 1.96 bits per heavy atom. The second-order valence-electron chi connectivity index (χ2n) is 6.35. The maximum atomic E-state index is 11.0. The molecule has 1 fully saturated rings. The molecule has 1 heterocycles. The molecule has 1 saturated heterocycles. The summed E-state index contributed by atoms with van der Waals surface area (Å²) in [7, 11) is 0. The van der Waals surface area contributed by atoms with Crippen molar-refractivity contribution in [1.29, 1.82) is 0 Å². The van der Waals surface area contributed by atoms with Gasteiger partial charge in [-0.1, -0.05) is 23.7 Å². The fraction of sp³-hybridized carbons (Fsp3) is 0.368. The van der Waals surface area contributed by atoms with E-state index in [0.29, 0.717) is 18.2 Å². The van der Waals surface area contributed by atoms with Crippen LogP contribution in [-0.2, 0) is 6.54 Å². The SMILES string of the molecule is CCOc1ccccc1N1CC[NH+](Cc2cc([N+](=O)[O-])ccc2Cl)CC1. The zero-order valence-corrected chi connectivity index (χ0v) is 15.5. The summed E-state index contributed by atoms with van der Waals surface area (Å²) in [5, 5.41) is 11.6. The van der Waals surface area contributed by atoms with Crippen LogP contribution in [0.15, 0.2) is 42.5 Å². The normalized spacial score (nSPS) is 15.1. The van der Waals surface area contributed by atoms with Gasteiger partial charge in [-0.25, -0.2) is 0 Å². The van der Waals surface area contributed by atoms with Crippen LogP contribution in [0.4, 0.5) is 11.4 Å². The lowest BCUT2D eigenvalue weighted by Crippen LogP contribution is -3.13. The molecular formula is C19H23ClN3O3+. The van der Waals surface area contributed by atoms with Gasteiger partial charge in [-0.2, -0.15) is 0 Å². The molecule has 7 heteroatoms. The van der Waals surface area contributed by atoms with Crippen molar-refractivity contribution in [3.05, 3.63) is 63.2 Å². The molecular weight excluding hydrogens is 354 g/mol. The van der Waals surface area contributed by atoms with Gasteiger partial charge in [0.05, 0.1) is 43.4 Å². The molecule has 0 saturated carbocycles. The minimum absolute atomic E-state index is 0.0908. The third-order valence-corrected chi connectivity index (χ3v) is 5.03. The van der Waals surface area contributed by atoms with Crippen molar-refractivity contribution in [1.82, 2.24) is 0 Å². The molecule has 0 amide bonds. The van der Waals surface area contributed by atoms with E-state index in [2.05, 4.69) is 11.0 Å². The highest BCUT2D eigenvalue weighted by atomic mass is 35.5. The molecule has 6 nitrogen and oxygen atoms in total. The summed E-state index contributed by atoms with van der Waals surface area (Å²) in [5.41, 5.74) is 2.05. The maximum Gasteiger partial charge on any atom is 0.270 e. The maximum absolute atomic E-state index is 11.0. The van der Waals surface area contributed by atoms with E-state index in [9.17, 15) is 10.1 Å². The fourth-order valence-corrected chi connectivity index (χ4v) is 3.50. The summed E-state index contributed by atoms with van der Waals surface area (Å²) in [6.45, 7) is 7.04. The van der Waals surface area contributed by atoms with Gasteiger partial charge in [-0.3, -0.25) is 10.1 Å². The van der Waals surface area contributed by atoms with Crippen molar-refractivity contribution >= 4 is 23.0 Å². The standard InChI is InChI=1S/C19H22ClN3O3/c1-2-26-19-6-4-3-5-18(19)22-11-9-21(10-12-22)14-15-13-16(23(24)25)7-8-17(15)20/h3-8,13H,2,9-12,14H2,1H3/p+1. The number of halogens is 1. The van der Waals surface area contributed by atoms with E-state index in [0.717, 1.165) is 43.2 Å². The monoisotopic (exact) mass is 376 g/mol. The number of rotatable bonds is 6. The molecule has 1 N–H and O–H groups in total. The van der Waals surface area contributed by atoms with Crippen LogP contribution < -0.4 is 14.5 Å². The summed E-state index contributed by atoms with van der Waals surface area (Å²) in [6.07, 6.45) is 0. The lowest BCUT2D eigenvalue weighted by Gasteiger charge is -2.34. The molecule has 0 aromatic heterocycles. The van der Waals surface area contributed by atoms with E-state index in [4.69, 9.17) is 16.3 Å². The lowest BCUT2D eigenvalue weighted by atomic mass is 10.1. The van der Waals surface area contributed by atoms with Gasteiger partial charge in [0.2, 0.25) is 0 Å². The fourth-order valence-electron chi connectivity index (χ4n) is 3.32. The molecule has 2 aromatic carbocycles. The minimum atomic E-state index is -0.377. The first-order valence-electron chi connectivity index (χ1n) is 8.81. The summed E-state index contributed by atoms with van der Waals surface area (Å²) in [4.78, 5) is 14.3. The average Bonchev–Trinajstić information content (AvgIpc) is 2.65. The minimum Gasteiger partial charge on any atom is -0.492 e. The lowest BCUT2D eigenvalue weighted by molar-refractivity contribution is -0.914. The highest BCUT2D eigenvalue weighted by Gasteiger charge is 2.23. The van der Waals surface area contributed by atoms with Crippen LogP contribution in [0.25, 0.3) is 0 Å². The van der Waals surface area contributed by atoms with Crippen molar-refractivity contribution in [3.63, 3.8) is 0 Å². The van der Waals surface area contributed by atoms with Gasteiger partial charge in [-0.15, -0.1) is 0 Å². The zero-order chi connectivity index (χ0) is 18.5. The Balaban J connectivity index is 1.65. The molecule has 1 aliphatic rings. The van der Waals surface area contributed by atoms with Gasteiger partial charge < -0.3 is 14.5 Å². The first kappa shape index (κ1) is 18.5. The third kappa shape index (κ3) is 4.26. The molecule has 0 spiro atoms. The van der Waals surface area contributed by atoms with E-state index in [1.54, 1.807) is 12.1 Å². The van der Waals surface area contributed by atoms with Gasteiger partial charge in [0.1, 0.15) is 12.3 Å². The van der Waals surface area contributed by atoms with Crippen LogP contribution in [0.3, 0.4) is 0 Å². The van der Waals surface area contributed by atoms with E-state index < -0.39 is 0 Å². The Morgan fingerprint density at radius 3 is 2.65 bits per heavy atom. The topological polar surface area (TPSA) is 60.0 Å². The molecule has 0 radical (unpaired) electrons. The average molecular weight is 377 g/mol. The molecule has 3 rings (SSSR count). The predicted octanol–water partition coefficient (Wildman–Crippen LogP) is 2.55. The molecule has 0 atom stereocenters. The van der Waals surface area contributed by atoms with Crippen molar-refractivity contribution in [2.24, 2.45) is 0 Å². The number of quaternary nitrogens is 1. The number of benzene rings is 2. The number of nitrogens with one attached hydrogen (secondary N) is 1. The molecule has 2 aromatic rings. The molecule has 0 aliphatic carbocycles. The van der Waals surface area contributed by atoms with Crippen LogP contribution in [-0.4, -0.2) is 37.7 Å². The van der Waals surface area contributed by atoms with E-state index in [-0.39, 0.29) is 10.6 Å². The number of nitrogens with zero attached hydrogens (tertiary/aromatic N) is 2. The predicted molar refractivity (Wildman–Crippen MR) is 102 cm³/mol. The zero-order valence-electron chi connectivity index (χ0n) is 14.8. The summed E-state index contributed by atoms with van der Waals surface area (Å²) < 4.78 is 5.73. The first-order chi connectivity index (χ1) is 12.6. The number of nitro groups is 1. The molecule has 26 heavy (non-hydrogen) atoms. The van der Waals surface area contributed by atoms with Crippen molar-refractivity contribution in [3.8, 4) is 5.75 Å². The number of para-hydroxylation sites is 2. The number of nitro benzene ring substituents is 1. The Hall–Kier alpha value is -2.31. The van der Waals surface area contributed by atoms with Gasteiger partial charge in [-0.05, 0) is 25.1 Å². The quantitative estimate of drug-likeness (QED) is 0.621. The highest BCUT2D eigenvalue weighted by Crippen LogP contribution is 2.28. The van der Waals surface area contributed by atoms with E-state index in [1.165, 1.54) is 11.0 Å². The van der Waals surface area contributed by atoms with Crippen molar-refractivity contribution < 1.29 is 14.6 Å². The number of anilines is 1. The Labute approximate surface area is 158 Å². The summed E-state index contributed by atoms with van der Waals surface area (Å²) >= 11 is 6.24. The molecule has 1 aliphatic heterocycles.